The molecule has 1 unspecified atom stereocenters. The van der Waals surface area contributed by atoms with Gasteiger partial charge in [0, 0.05) is 0 Å². The molecule has 7 heteroatoms. The van der Waals surface area contributed by atoms with Crippen LogP contribution in [-0.4, -0.2) is 32.6 Å². The van der Waals surface area contributed by atoms with E-state index in [-0.39, 0.29) is 16.6 Å². The lowest BCUT2D eigenvalue weighted by atomic mass is 10.1. The summed E-state index contributed by atoms with van der Waals surface area (Å²) in [5, 5.41) is 9.08. The van der Waals surface area contributed by atoms with Crippen molar-refractivity contribution in [3.8, 4) is 5.75 Å². The molecule has 20 heavy (non-hydrogen) atoms. The van der Waals surface area contributed by atoms with Crippen molar-refractivity contribution >= 4 is 16.0 Å². The summed E-state index contributed by atoms with van der Waals surface area (Å²) in [6.07, 6.45) is 0. The Morgan fingerprint density at radius 3 is 2.40 bits per heavy atom. The first-order chi connectivity index (χ1) is 9.19. The van der Waals surface area contributed by atoms with Crippen LogP contribution in [0.5, 0.6) is 5.75 Å². The van der Waals surface area contributed by atoms with Gasteiger partial charge in [0.15, 0.2) is 0 Å². The second-order valence-electron chi connectivity index (χ2n) is 4.84. The van der Waals surface area contributed by atoms with Gasteiger partial charge < -0.3 is 9.84 Å². The van der Waals surface area contributed by atoms with Crippen molar-refractivity contribution in [2.24, 2.45) is 5.92 Å². The number of benzene rings is 1. The van der Waals surface area contributed by atoms with Crippen molar-refractivity contribution in [3.63, 3.8) is 0 Å². The van der Waals surface area contributed by atoms with Gasteiger partial charge >= 0.3 is 5.97 Å². The number of sulfonamides is 1. The number of aliphatic carboxylic acids is 1. The second kappa shape index (κ2) is 6.23. The first-order valence-corrected chi connectivity index (χ1v) is 7.57. The number of carboxylic acids is 1. The minimum atomic E-state index is -3.97. The van der Waals surface area contributed by atoms with E-state index in [1.165, 1.54) is 19.2 Å². The highest BCUT2D eigenvalue weighted by molar-refractivity contribution is 7.89. The van der Waals surface area contributed by atoms with Crippen molar-refractivity contribution in [1.29, 1.82) is 0 Å². The molecule has 0 fully saturated rings. The third-order valence-electron chi connectivity index (χ3n) is 2.82. The van der Waals surface area contributed by atoms with Crippen molar-refractivity contribution < 1.29 is 23.1 Å². The van der Waals surface area contributed by atoms with Crippen molar-refractivity contribution in [2.45, 2.75) is 31.7 Å². The predicted molar refractivity (Wildman–Crippen MR) is 74.3 cm³/mol. The molecule has 2 N–H and O–H groups in total. The maximum Gasteiger partial charge on any atom is 0.322 e. The maximum atomic E-state index is 12.3. The molecule has 0 saturated carbocycles. The number of carbonyl (C=O) groups is 1. The van der Waals surface area contributed by atoms with Crippen LogP contribution >= 0.6 is 0 Å². The van der Waals surface area contributed by atoms with Gasteiger partial charge in [0.1, 0.15) is 16.7 Å². The number of hydrogen-bond acceptors (Lipinski definition) is 4. The monoisotopic (exact) mass is 301 g/mol. The highest BCUT2D eigenvalue weighted by Gasteiger charge is 2.29. The van der Waals surface area contributed by atoms with E-state index >= 15 is 0 Å². The topological polar surface area (TPSA) is 92.7 Å². The summed E-state index contributed by atoms with van der Waals surface area (Å²) >= 11 is 0. The van der Waals surface area contributed by atoms with Crippen LogP contribution in [0, 0.1) is 12.8 Å². The van der Waals surface area contributed by atoms with Gasteiger partial charge in [-0.2, -0.15) is 4.72 Å². The molecule has 0 aliphatic carbocycles. The van der Waals surface area contributed by atoms with Crippen LogP contribution in [0.15, 0.2) is 23.1 Å². The Balaban J connectivity index is 3.23. The van der Waals surface area contributed by atoms with Gasteiger partial charge in [-0.15, -0.1) is 0 Å². The fraction of sp³-hybridized carbons (Fsp3) is 0.462. The molecule has 1 rings (SSSR count). The van der Waals surface area contributed by atoms with E-state index in [9.17, 15) is 13.2 Å². The molecule has 1 aromatic rings. The molecule has 0 amide bonds. The lowest BCUT2D eigenvalue weighted by Crippen LogP contribution is -2.44. The fourth-order valence-electron chi connectivity index (χ4n) is 1.70. The average molecular weight is 301 g/mol. The molecule has 0 radical (unpaired) electrons. The summed E-state index contributed by atoms with van der Waals surface area (Å²) in [4.78, 5) is 11.1. The van der Waals surface area contributed by atoms with Gasteiger partial charge in [-0.05, 0) is 30.5 Å². The number of aryl methyl sites for hydroxylation is 1. The molecule has 0 saturated heterocycles. The zero-order chi connectivity index (χ0) is 15.5. The van der Waals surface area contributed by atoms with Gasteiger partial charge in [-0.25, -0.2) is 8.42 Å². The number of carboxylic acid groups (broad SMARTS) is 1. The number of nitrogens with one attached hydrogen (secondary N) is 1. The molecule has 0 aromatic heterocycles. The van der Waals surface area contributed by atoms with E-state index in [1.807, 2.05) is 0 Å². The fourth-order valence-corrected chi connectivity index (χ4v) is 3.29. The molecular formula is C13H19NO5S. The first-order valence-electron chi connectivity index (χ1n) is 6.09. The summed E-state index contributed by atoms with van der Waals surface area (Å²) < 4.78 is 31.9. The Morgan fingerprint density at radius 1 is 1.35 bits per heavy atom. The van der Waals surface area contributed by atoms with Gasteiger partial charge in [-0.3, -0.25) is 4.79 Å². The first kappa shape index (κ1) is 16.5. The Hall–Kier alpha value is -1.60. The lowest BCUT2D eigenvalue weighted by Gasteiger charge is -2.19. The lowest BCUT2D eigenvalue weighted by molar-refractivity contribution is -0.140. The molecular weight excluding hydrogens is 282 g/mol. The van der Waals surface area contributed by atoms with Gasteiger partial charge in [0.05, 0.1) is 7.11 Å². The largest absolute Gasteiger partial charge is 0.495 e. The summed E-state index contributed by atoms with van der Waals surface area (Å²) in [7, 11) is -2.61. The van der Waals surface area contributed by atoms with Crippen molar-refractivity contribution in [3.05, 3.63) is 23.8 Å². The van der Waals surface area contributed by atoms with Crippen LogP contribution in [-0.2, 0) is 14.8 Å². The Bertz CT molecular complexity index is 595. The number of hydrogen-bond donors (Lipinski definition) is 2. The molecule has 1 aromatic carbocycles. The van der Waals surface area contributed by atoms with Gasteiger partial charge in [0.25, 0.3) is 0 Å². The van der Waals surface area contributed by atoms with Gasteiger partial charge in [0.2, 0.25) is 10.0 Å². The van der Waals surface area contributed by atoms with Crippen LogP contribution in [0.3, 0.4) is 0 Å². The Morgan fingerprint density at radius 2 is 1.95 bits per heavy atom. The van der Waals surface area contributed by atoms with Crippen LogP contribution < -0.4 is 9.46 Å². The molecule has 0 aliphatic rings. The highest BCUT2D eigenvalue weighted by atomic mass is 32.2. The molecule has 0 spiro atoms. The summed E-state index contributed by atoms with van der Waals surface area (Å²) in [5.41, 5.74) is 0.739. The predicted octanol–water partition coefficient (Wildman–Crippen LogP) is 1.39. The average Bonchev–Trinajstić information content (AvgIpc) is 2.35. The summed E-state index contributed by atoms with van der Waals surface area (Å²) in [5.74, 6) is -1.41. The smallest absolute Gasteiger partial charge is 0.322 e. The summed E-state index contributed by atoms with van der Waals surface area (Å²) in [6.45, 7) is 5.01. The Kier molecular flexibility index (Phi) is 5.13. The normalized spacial score (nSPS) is 13.2. The second-order valence-corrected chi connectivity index (χ2v) is 6.52. The van der Waals surface area contributed by atoms with E-state index in [1.54, 1.807) is 26.8 Å². The Labute approximate surface area is 118 Å². The van der Waals surface area contributed by atoms with Crippen molar-refractivity contribution in [2.75, 3.05) is 7.11 Å². The standard InChI is InChI=1S/C13H19NO5S/c1-8(2)12(13(15)16)14-20(17,18)11-7-9(3)5-6-10(11)19-4/h5-8,12,14H,1-4H3,(H,15,16). The van der Waals surface area contributed by atoms with E-state index < -0.39 is 22.0 Å². The SMILES string of the molecule is COc1ccc(C)cc1S(=O)(=O)NC(C(=O)O)C(C)C. The van der Waals surface area contributed by atoms with Crippen LogP contribution in [0.1, 0.15) is 19.4 Å². The van der Waals surface area contributed by atoms with Gasteiger partial charge in [-0.1, -0.05) is 19.9 Å². The van der Waals surface area contributed by atoms with E-state index in [0.29, 0.717) is 0 Å². The quantitative estimate of drug-likeness (QED) is 0.828. The van der Waals surface area contributed by atoms with E-state index in [0.717, 1.165) is 5.56 Å². The molecule has 1 atom stereocenters. The molecule has 0 aliphatic heterocycles. The maximum absolute atomic E-state index is 12.3. The number of ether oxygens (including phenoxy) is 1. The molecule has 6 nitrogen and oxygen atoms in total. The van der Waals surface area contributed by atoms with E-state index in [4.69, 9.17) is 9.84 Å². The molecule has 0 bridgehead atoms. The van der Waals surface area contributed by atoms with Crippen LogP contribution in [0.2, 0.25) is 0 Å². The molecule has 0 heterocycles. The number of methoxy groups -OCH3 is 1. The third kappa shape index (κ3) is 3.71. The minimum absolute atomic E-state index is 0.0631. The number of rotatable bonds is 6. The summed E-state index contributed by atoms with van der Waals surface area (Å²) in [6, 6.07) is 3.51. The minimum Gasteiger partial charge on any atom is -0.495 e. The van der Waals surface area contributed by atoms with Crippen LogP contribution in [0.4, 0.5) is 0 Å². The highest BCUT2D eigenvalue weighted by Crippen LogP contribution is 2.25. The zero-order valence-electron chi connectivity index (χ0n) is 11.9. The van der Waals surface area contributed by atoms with E-state index in [2.05, 4.69) is 4.72 Å². The van der Waals surface area contributed by atoms with Crippen LogP contribution in [0.25, 0.3) is 0 Å². The third-order valence-corrected chi connectivity index (χ3v) is 4.29. The van der Waals surface area contributed by atoms with Crippen molar-refractivity contribution in [1.82, 2.24) is 4.72 Å². The molecule has 112 valence electrons. The zero-order valence-corrected chi connectivity index (χ0v) is 12.7.